The van der Waals surface area contributed by atoms with E-state index < -0.39 is 11.4 Å². The average molecular weight is 453 g/mol. The van der Waals surface area contributed by atoms with Gasteiger partial charge in [-0.25, -0.2) is 0 Å². The van der Waals surface area contributed by atoms with E-state index in [1.165, 1.54) is 16.7 Å². The fourth-order valence-electron chi connectivity index (χ4n) is 10.0. The summed E-state index contributed by atoms with van der Waals surface area (Å²) in [6, 6.07) is 0. The Balaban J connectivity index is 1.66. The van der Waals surface area contributed by atoms with E-state index >= 15 is 0 Å². The first-order valence-electron chi connectivity index (χ1n) is 13.4. The van der Waals surface area contributed by atoms with E-state index in [9.17, 15) is 14.7 Å². The van der Waals surface area contributed by atoms with E-state index in [0.29, 0.717) is 30.0 Å². The molecule has 0 aliphatic heterocycles. The zero-order valence-electron chi connectivity index (χ0n) is 21.9. The van der Waals surface area contributed by atoms with Crippen LogP contribution in [0.15, 0.2) is 22.8 Å². The molecule has 3 heteroatoms. The molecule has 33 heavy (non-hydrogen) atoms. The molecule has 5 aliphatic carbocycles. The number of hydrogen-bond acceptors (Lipinski definition) is 2. The second-order valence-electron chi connectivity index (χ2n) is 13.8. The van der Waals surface area contributed by atoms with Crippen molar-refractivity contribution in [2.75, 3.05) is 0 Å². The van der Waals surface area contributed by atoms with Crippen molar-refractivity contribution in [2.45, 2.75) is 106 Å². The van der Waals surface area contributed by atoms with E-state index in [4.69, 9.17) is 0 Å². The number of carbonyl (C=O) groups excluding carboxylic acids is 1. The van der Waals surface area contributed by atoms with Crippen molar-refractivity contribution in [1.29, 1.82) is 0 Å². The SMILES string of the molecule is CC1=C2C3=CC[C@@H]4[C@@]5(C)CCC(=O)C(C)(C)[C@@H]5CC[C@@]4(C)[C@]3(C)CC[C@@]2(C(=O)O)CC[C@@H]1C. The zero-order chi connectivity index (χ0) is 24.2. The van der Waals surface area contributed by atoms with Gasteiger partial charge in [0, 0.05) is 11.8 Å². The maximum atomic E-state index is 12.9. The first kappa shape index (κ1) is 23.4. The van der Waals surface area contributed by atoms with Crippen LogP contribution < -0.4 is 0 Å². The van der Waals surface area contributed by atoms with Crippen LogP contribution in [0.4, 0.5) is 0 Å². The Kier molecular flexibility index (Phi) is 4.85. The fraction of sp³-hybridized carbons (Fsp3) is 0.800. The molecule has 3 nitrogen and oxygen atoms in total. The molecule has 0 heterocycles. The third-order valence-electron chi connectivity index (χ3n) is 12.6. The Hall–Kier alpha value is -1.38. The molecule has 0 bridgehead atoms. The van der Waals surface area contributed by atoms with Gasteiger partial charge in [0.15, 0.2) is 0 Å². The number of hydrogen-bond donors (Lipinski definition) is 1. The number of carboxylic acids is 1. The molecule has 0 unspecified atom stereocenters. The number of Topliss-reactive ketones (excluding diaryl/α,β-unsaturated/α-hetero) is 1. The highest BCUT2D eigenvalue weighted by Crippen LogP contribution is 2.74. The molecule has 0 aromatic carbocycles. The van der Waals surface area contributed by atoms with E-state index in [0.717, 1.165) is 51.4 Å². The van der Waals surface area contributed by atoms with Crippen molar-refractivity contribution < 1.29 is 14.7 Å². The number of carbonyl (C=O) groups is 2. The topological polar surface area (TPSA) is 54.4 Å². The summed E-state index contributed by atoms with van der Waals surface area (Å²) in [5, 5.41) is 10.5. The Morgan fingerprint density at radius 3 is 2.33 bits per heavy atom. The van der Waals surface area contributed by atoms with Gasteiger partial charge in [-0.15, -0.1) is 0 Å². The van der Waals surface area contributed by atoms with Gasteiger partial charge in [-0.2, -0.15) is 0 Å². The summed E-state index contributed by atoms with van der Waals surface area (Å²) in [7, 11) is 0. The standard InChI is InChI=1S/C30H44O3/c1-18-10-15-30(25(32)33)17-16-28(6)20(24(30)19(18)2)8-9-22-27(5)13-12-23(31)26(3,4)21(27)11-14-29(22,28)7/h8,18,21-22H,9-17H2,1-7H3,(H,32,33)/t18-,21-,22+,27-,28+,29+,30-/m0/s1. The third-order valence-corrected chi connectivity index (χ3v) is 12.6. The maximum absolute atomic E-state index is 12.9. The van der Waals surface area contributed by atoms with Crippen molar-refractivity contribution >= 4 is 11.8 Å². The molecule has 0 saturated heterocycles. The predicted molar refractivity (Wildman–Crippen MR) is 132 cm³/mol. The Morgan fingerprint density at radius 2 is 1.67 bits per heavy atom. The lowest BCUT2D eigenvalue weighted by molar-refractivity contribution is -0.179. The van der Waals surface area contributed by atoms with Crippen LogP contribution in [0.3, 0.4) is 0 Å². The van der Waals surface area contributed by atoms with Crippen molar-refractivity contribution in [3.63, 3.8) is 0 Å². The van der Waals surface area contributed by atoms with Crippen LogP contribution in [0.1, 0.15) is 106 Å². The van der Waals surface area contributed by atoms with Gasteiger partial charge in [0.25, 0.3) is 0 Å². The fourth-order valence-corrected chi connectivity index (χ4v) is 10.0. The van der Waals surface area contributed by atoms with Gasteiger partial charge in [0.05, 0.1) is 5.41 Å². The van der Waals surface area contributed by atoms with Crippen LogP contribution in [0, 0.1) is 44.8 Å². The molecule has 1 N–H and O–H groups in total. The van der Waals surface area contributed by atoms with Crippen LogP contribution in [-0.2, 0) is 9.59 Å². The van der Waals surface area contributed by atoms with Crippen LogP contribution in [-0.4, -0.2) is 16.9 Å². The zero-order valence-corrected chi connectivity index (χ0v) is 21.9. The smallest absolute Gasteiger partial charge is 0.314 e. The summed E-state index contributed by atoms with van der Waals surface area (Å²) in [6.45, 7) is 16.4. The van der Waals surface area contributed by atoms with E-state index in [2.05, 4.69) is 54.5 Å². The molecule has 0 radical (unpaired) electrons. The van der Waals surface area contributed by atoms with Crippen LogP contribution in [0.2, 0.25) is 0 Å². The molecule has 7 atom stereocenters. The van der Waals surface area contributed by atoms with Crippen molar-refractivity contribution in [2.24, 2.45) is 44.8 Å². The number of carboxylic acid groups (broad SMARTS) is 1. The molecule has 3 saturated carbocycles. The van der Waals surface area contributed by atoms with Gasteiger partial charge in [0.2, 0.25) is 0 Å². The van der Waals surface area contributed by atoms with Crippen LogP contribution in [0.5, 0.6) is 0 Å². The molecule has 5 aliphatic rings. The minimum atomic E-state index is -0.689. The number of aliphatic carboxylic acids is 1. The lowest BCUT2D eigenvalue weighted by Gasteiger charge is -2.69. The van der Waals surface area contributed by atoms with Crippen molar-refractivity contribution in [1.82, 2.24) is 0 Å². The number of rotatable bonds is 1. The number of ketones is 1. The lowest BCUT2D eigenvalue weighted by atomic mass is 9.34. The summed E-state index contributed by atoms with van der Waals surface area (Å²) in [4.78, 5) is 25.6. The van der Waals surface area contributed by atoms with Crippen LogP contribution >= 0.6 is 0 Å². The maximum Gasteiger partial charge on any atom is 0.314 e. The third kappa shape index (κ3) is 2.63. The second-order valence-corrected chi connectivity index (χ2v) is 13.8. The largest absolute Gasteiger partial charge is 0.481 e. The normalized spacial score (nSPS) is 48.8. The second kappa shape index (κ2) is 6.85. The van der Waals surface area contributed by atoms with E-state index in [1.54, 1.807) is 0 Å². The molecular formula is C30H44O3. The Bertz CT molecular complexity index is 985. The molecule has 0 aromatic heterocycles. The highest BCUT2D eigenvalue weighted by Gasteiger charge is 2.68. The molecule has 0 aromatic rings. The van der Waals surface area contributed by atoms with Gasteiger partial charge < -0.3 is 5.11 Å². The average Bonchev–Trinajstić information content (AvgIpc) is 2.74. The minimum Gasteiger partial charge on any atom is -0.481 e. The van der Waals surface area contributed by atoms with Gasteiger partial charge in [-0.3, -0.25) is 9.59 Å². The first-order valence-corrected chi connectivity index (χ1v) is 13.4. The van der Waals surface area contributed by atoms with Crippen molar-refractivity contribution in [3.05, 3.63) is 22.8 Å². The summed E-state index contributed by atoms with van der Waals surface area (Å²) in [5.41, 5.74) is 3.29. The van der Waals surface area contributed by atoms with Gasteiger partial charge in [-0.05, 0) is 103 Å². The van der Waals surface area contributed by atoms with E-state index in [1.807, 2.05) is 0 Å². The predicted octanol–water partition coefficient (Wildman–Crippen LogP) is 7.36. The van der Waals surface area contributed by atoms with Crippen LogP contribution in [0.25, 0.3) is 0 Å². The minimum absolute atomic E-state index is 0.00208. The van der Waals surface area contributed by atoms with Gasteiger partial charge in [-0.1, -0.05) is 53.2 Å². The highest BCUT2D eigenvalue weighted by molar-refractivity contribution is 5.85. The van der Waals surface area contributed by atoms with Gasteiger partial charge in [0.1, 0.15) is 5.78 Å². The number of fused-ring (bicyclic) bond motifs is 7. The summed E-state index contributed by atoms with van der Waals surface area (Å²) in [5.74, 6) is 1.29. The molecule has 3 fully saturated rings. The number of allylic oxidation sites excluding steroid dienone is 3. The molecule has 182 valence electrons. The highest BCUT2D eigenvalue weighted by atomic mass is 16.4. The molecule has 0 spiro atoms. The summed E-state index contributed by atoms with van der Waals surface area (Å²) in [6.07, 6.45) is 11.0. The monoisotopic (exact) mass is 452 g/mol. The lowest BCUT2D eigenvalue weighted by Crippen LogP contribution is -2.63. The Morgan fingerprint density at radius 1 is 0.970 bits per heavy atom. The molecule has 5 rings (SSSR count). The first-order chi connectivity index (χ1) is 15.3. The molecular weight excluding hydrogens is 408 g/mol. The van der Waals surface area contributed by atoms with E-state index in [-0.39, 0.29) is 21.7 Å². The summed E-state index contributed by atoms with van der Waals surface area (Å²) < 4.78 is 0. The van der Waals surface area contributed by atoms with Crippen molar-refractivity contribution in [3.8, 4) is 0 Å². The quantitative estimate of drug-likeness (QED) is 0.452. The Labute approximate surface area is 200 Å². The molecule has 0 amide bonds. The summed E-state index contributed by atoms with van der Waals surface area (Å²) >= 11 is 0. The van der Waals surface area contributed by atoms with Gasteiger partial charge >= 0.3 is 5.97 Å².